The smallest absolute Gasteiger partial charge is 0.233 e. The molecule has 1 amide bonds. The summed E-state index contributed by atoms with van der Waals surface area (Å²) in [5.74, 6) is 0.125. The van der Waals surface area contributed by atoms with Crippen LogP contribution in [-0.4, -0.2) is 35.2 Å². The second-order valence-electron chi connectivity index (χ2n) is 6.43. The van der Waals surface area contributed by atoms with Crippen molar-refractivity contribution in [2.45, 2.75) is 36.1 Å². The highest BCUT2D eigenvalue weighted by Crippen LogP contribution is 2.25. The van der Waals surface area contributed by atoms with Crippen LogP contribution in [0.4, 0.5) is 0 Å². The summed E-state index contributed by atoms with van der Waals surface area (Å²) in [6.07, 6.45) is 1.02. The van der Waals surface area contributed by atoms with Crippen LogP contribution < -0.4 is 5.32 Å². The molecule has 2 aromatic carbocycles. The first-order valence-electron chi connectivity index (χ1n) is 8.59. The SMILES string of the molecule is CC(Sc1ccc(Br)cc1)C(=O)NC1CCN(Cc2ccccc2)C1. The van der Waals surface area contributed by atoms with Gasteiger partial charge < -0.3 is 5.32 Å². The van der Waals surface area contributed by atoms with Crippen LogP contribution >= 0.6 is 27.7 Å². The van der Waals surface area contributed by atoms with E-state index in [1.165, 1.54) is 5.56 Å². The summed E-state index contributed by atoms with van der Waals surface area (Å²) >= 11 is 5.04. The van der Waals surface area contributed by atoms with Crippen molar-refractivity contribution < 1.29 is 4.79 Å². The molecule has 1 saturated heterocycles. The van der Waals surface area contributed by atoms with Gasteiger partial charge in [-0.15, -0.1) is 11.8 Å². The van der Waals surface area contributed by atoms with Gasteiger partial charge in [-0.2, -0.15) is 0 Å². The average molecular weight is 419 g/mol. The second-order valence-corrected chi connectivity index (χ2v) is 8.76. The van der Waals surface area contributed by atoms with Crippen molar-refractivity contribution in [1.82, 2.24) is 10.2 Å². The lowest BCUT2D eigenvalue weighted by molar-refractivity contribution is -0.120. The number of hydrogen-bond donors (Lipinski definition) is 1. The minimum atomic E-state index is -0.0932. The summed E-state index contributed by atoms with van der Waals surface area (Å²) in [6, 6.07) is 18.8. The summed E-state index contributed by atoms with van der Waals surface area (Å²) < 4.78 is 1.05. The Kier molecular flexibility index (Phi) is 6.57. The van der Waals surface area contributed by atoms with E-state index < -0.39 is 0 Å². The molecule has 25 heavy (non-hydrogen) atoms. The molecule has 0 aliphatic carbocycles. The Morgan fingerprint density at radius 1 is 1.24 bits per heavy atom. The first-order chi connectivity index (χ1) is 12.1. The third-order valence-electron chi connectivity index (χ3n) is 4.36. The summed E-state index contributed by atoms with van der Waals surface area (Å²) in [6.45, 7) is 4.89. The van der Waals surface area contributed by atoms with E-state index in [4.69, 9.17) is 0 Å². The van der Waals surface area contributed by atoms with Crippen molar-refractivity contribution in [3.63, 3.8) is 0 Å². The molecule has 0 aromatic heterocycles. The van der Waals surface area contributed by atoms with Crippen LogP contribution in [0, 0.1) is 0 Å². The standard InChI is InChI=1S/C20H23BrN2OS/c1-15(25-19-9-7-17(21)8-10-19)20(24)22-18-11-12-23(14-18)13-16-5-3-2-4-6-16/h2-10,15,18H,11-14H2,1H3,(H,22,24). The number of benzene rings is 2. The zero-order chi connectivity index (χ0) is 17.6. The van der Waals surface area contributed by atoms with E-state index in [1.54, 1.807) is 11.8 Å². The Bertz CT molecular complexity index is 693. The van der Waals surface area contributed by atoms with Crippen LogP contribution in [0.15, 0.2) is 64.0 Å². The van der Waals surface area contributed by atoms with Crippen LogP contribution in [0.2, 0.25) is 0 Å². The number of halogens is 1. The van der Waals surface area contributed by atoms with E-state index in [9.17, 15) is 4.79 Å². The van der Waals surface area contributed by atoms with Crippen molar-refractivity contribution >= 4 is 33.6 Å². The highest BCUT2D eigenvalue weighted by Gasteiger charge is 2.25. The molecule has 0 spiro atoms. The quantitative estimate of drug-likeness (QED) is 0.708. The third kappa shape index (κ3) is 5.59. The van der Waals surface area contributed by atoms with Gasteiger partial charge in [0.1, 0.15) is 0 Å². The summed E-state index contributed by atoms with van der Waals surface area (Å²) in [5, 5.41) is 3.12. The number of nitrogens with one attached hydrogen (secondary N) is 1. The molecule has 0 bridgehead atoms. The Labute approximate surface area is 162 Å². The fourth-order valence-electron chi connectivity index (χ4n) is 3.03. The summed E-state index contributed by atoms with van der Waals surface area (Å²) in [7, 11) is 0. The number of thioether (sulfide) groups is 1. The lowest BCUT2D eigenvalue weighted by Gasteiger charge is -2.18. The van der Waals surface area contributed by atoms with Gasteiger partial charge in [-0.1, -0.05) is 46.3 Å². The highest BCUT2D eigenvalue weighted by molar-refractivity contribution is 9.10. The maximum absolute atomic E-state index is 12.5. The monoisotopic (exact) mass is 418 g/mol. The molecular weight excluding hydrogens is 396 g/mol. The number of carbonyl (C=O) groups is 1. The lowest BCUT2D eigenvalue weighted by atomic mass is 10.2. The van der Waals surface area contributed by atoms with E-state index in [2.05, 4.69) is 50.4 Å². The van der Waals surface area contributed by atoms with Gasteiger partial charge in [0.2, 0.25) is 5.91 Å². The molecule has 1 N–H and O–H groups in total. The summed E-state index contributed by atoms with van der Waals surface area (Å²) in [5.41, 5.74) is 1.33. The normalized spacial score (nSPS) is 18.9. The number of amides is 1. The molecule has 132 valence electrons. The van der Waals surface area contributed by atoms with Crippen LogP contribution in [0.3, 0.4) is 0 Å². The molecule has 2 aromatic rings. The highest BCUT2D eigenvalue weighted by atomic mass is 79.9. The molecule has 3 nitrogen and oxygen atoms in total. The van der Waals surface area contributed by atoms with Crippen molar-refractivity contribution in [2.24, 2.45) is 0 Å². The summed E-state index contributed by atoms with van der Waals surface area (Å²) in [4.78, 5) is 16.0. The number of nitrogens with zero attached hydrogens (tertiary/aromatic N) is 1. The molecule has 5 heteroatoms. The van der Waals surface area contributed by atoms with Crippen molar-refractivity contribution in [2.75, 3.05) is 13.1 Å². The van der Waals surface area contributed by atoms with Gasteiger partial charge in [-0.25, -0.2) is 0 Å². The van der Waals surface area contributed by atoms with Crippen LogP contribution in [0.1, 0.15) is 18.9 Å². The Morgan fingerprint density at radius 2 is 1.96 bits per heavy atom. The number of hydrogen-bond acceptors (Lipinski definition) is 3. The minimum absolute atomic E-state index is 0.0932. The fraction of sp³-hybridized carbons (Fsp3) is 0.350. The molecule has 3 rings (SSSR count). The molecule has 2 unspecified atom stereocenters. The van der Waals surface area contributed by atoms with Gasteiger partial charge in [0.25, 0.3) is 0 Å². The van der Waals surface area contributed by atoms with Crippen LogP contribution in [-0.2, 0) is 11.3 Å². The first-order valence-corrected chi connectivity index (χ1v) is 10.3. The van der Waals surface area contributed by atoms with E-state index in [-0.39, 0.29) is 17.2 Å². The number of likely N-dealkylation sites (tertiary alicyclic amines) is 1. The molecule has 1 aliphatic rings. The van der Waals surface area contributed by atoms with Gasteiger partial charge in [-0.3, -0.25) is 9.69 Å². The lowest BCUT2D eigenvalue weighted by Crippen LogP contribution is -2.40. The maximum Gasteiger partial charge on any atom is 0.233 e. The molecule has 1 aliphatic heterocycles. The molecule has 2 atom stereocenters. The predicted octanol–water partition coefficient (Wildman–Crippen LogP) is 4.32. The maximum atomic E-state index is 12.5. The van der Waals surface area contributed by atoms with Crippen molar-refractivity contribution in [1.29, 1.82) is 0 Å². The Hall–Kier alpha value is -1.30. The molecule has 1 heterocycles. The topological polar surface area (TPSA) is 32.3 Å². The minimum Gasteiger partial charge on any atom is -0.351 e. The second kappa shape index (κ2) is 8.88. The van der Waals surface area contributed by atoms with E-state index in [1.807, 2.05) is 37.3 Å². The van der Waals surface area contributed by atoms with Gasteiger partial charge in [0.05, 0.1) is 5.25 Å². The van der Waals surface area contributed by atoms with Gasteiger partial charge in [0, 0.05) is 35.0 Å². The largest absolute Gasteiger partial charge is 0.351 e. The zero-order valence-electron chi connectivity index (χ0n) is 14.3. The van der Waals surface area contributed by atoms with Crippen LogP contribution in [0.25, 0.3) is 0 Å². The number of rotatable bonds is 6. The molecule has 0 radical (unpaired) electrons. The predicted molar refractivity (Wildman–Crippen MR) is 108 cm³/mol. The Morgan fingerprint density at radius 3 is 2.68 bits per heavy atom. The van der Waals surface area contributed by atoms with Crippen LogP contribution in [0.5, 0.6) is 0 Å². The number of carbonyl (C=O) groups excluding carboxylic acids is 1. The molecular formula is C20H23BrN2OS. The van der Waals surface area contributed by atoms with E-state index in [0.717, 1.165) is 35.4 Å². The van der Waals surface area contributed by atoms with Gasteiger partial charge in [0.15, 0.2) is 0 Å². The third-order valence-corrected chi connectivity index (χ3v) is 6.00. The first kappa shape index (κ1) is 18.5. The molecule has 1 fully saturated rings. The fourth-order valence-corrected chi connectivity index (χ4v) is 4.17. The zero-order valence-corrected chi connectivity index (χ0v) is 16.7. The van der Waals surface area contributed by atoms with Crippen molar-refractivity contribution in [3.05, 3.63) is 64.6 Å². The molecule has 0 saturated carbocycles. The van der Waals surface area contributed by atoms with Crippen molar-refractivity contribution in [3.8, 4) is 0 Å². The van der Waals surface area contributed by atoms with Gasteiger partial charge >= 0.3 is 0 Å². The van der Waals surface area contributed by atoms with E-state index in [0.29, 0.717) is 0 Å². The van der Waals surface area contributed by atoms with Gasteiger partial charge in [-0.05, 0) is 43.2 Å². The van der Waals surface area contributed by atoms with E-state index >= 15 is 0 Å². The average Bonchev–Trinajstić information content (AvgIpc) is 3.04. The Balaban J connectivity index is 1.45.